The van der Waals surface area contributed by atoms with E-state index in [1.165, 1.54) is 17.7 Å². The van der Waals surface area contributed by atoms with Crippen LogP contribution in [0.1, 0.15) is 38.8 Å². The lowest BCUT2D eigenvalue weighted by molar-refractivity contribution is -0.384. The fourth-order valence-electron chi connectivity index (χ4n) is 3.63. The van der Waals surface area contributed by atoms with Crippen molar-refractivity contribution < 1.29 is 4.92 Å². The average Bonchev–Trinajstić information content (AvgIpc) is 2.62. The molecule has 0 aromatic heterocycles. The van der Waals surface area contributed by atoms with Crippen LogP contribution in [0.4, 0.5) is 17.1 Å². The zero-order valence-electron chi connectivity index (χ0n) is 16.4. The highest BCUT2D eigenvalue weighted by Crippen LogP contribution is 2.40. The summed E-state index contributed by atoms with van der Waals surface area (Å²) in [5.74, 6) is 0. The largest absolute Gasteiger partial charge is 0.363 e. The summed E-state index contributed by atoms with van der Waals surface area (Å²) in [6, 6.07) is 10.1. The van der Waals surface area contributed by atoms with E-state index in [4.69, 9.17) is 11.6 Å². The van der Waals surface area contributed by atoms with E-state index in [1.54, 1.807) is 18.3 Å². The van der Waals surface area contributed by atoms with Crippen LogP contribution in [0.5, 0.6) is 0 Å². The summed E-state index contributed by atoms with van der Waals surface area (Å²) in [7, 11) is 0. The number of likely N-dealkylation sites (N-methyl/N-ethyl adjacent to an activating group) is 1. The van der Waals surface area contributed by atoms with E-state index in [9.17, 15) is 10.1 Å². The standard InChI is InChI=1S/C21H23ClN4O2/c1-5-25-20-11-19(22)15(10-18(20)14(2)12-21(25,3)4)13-23-24-16-6-8-17(9-7-16)26(27)28/h6-13,24H,5H2,1-4H3/b23-13-. The highest BCUT2D eigenvalue weighted by molar-refractivity contribution is 6.33. The summed E-state index contributed by atoms with van der Waals surface area (Å²) in [5.41, 5.74) is 7.78. The third-order valence-electron chi connectivity index (χ3n) is 4.89. The topological polar surface area (TPSA) is 70.8 Å². The quantitative estimate of drug-likeness (QED) is 0.397. The molecular weight excluding hydrogens is 376 g/mol. The monoisotopic (exact) mass is 398 g/mol. The maximum atomic E-state index is 10.7. The van der Waals surface area contributed by atoms with Crippen molar-refractivity contribution >= 4 is 40.5 Å². The first kappa shape index (κ1) is 19.9. The predicted molar refractivity (Wildman–Crippen MR) is 117 cm³/mol. The third-order valence-corrected chi connectivity index (χ3v) is 5.22. The lowest BCUT2D eigenvalue weighted by atomic mass is 9.88. The Hall–Kier alpha value is -2.86. The van der Waals surface area contributed by atoms with Gasteiger partial charge < -0.3 is 4.90 Å². The van der Waals surface area contributed by atoms with Crippen LogP contribution in [-0.4, -0.2) is 23.2 Å². The predicted octanol–water partition coefficient (Wildman–Crippen LogP) is 5.72. The molecule has 2 aromatic rings. The molecule has 0 unspecified atom stereocenters. The smallest absolute Gasteiger partial charge is 0.269 e. The molecule has 1 aliphatic heterocycles. The fraction of sp³-hybridized carbons (Fsp3) is 0.286. The summed E-state index contributed by atoms with van der Waals surface area (Å²) >= 11 is 6.52. The molecule has 0 amide bonds. The van der Waals surface area contributed by atoms with Crippen LogP contribution >= 0.6 is 11.6 Å². The number of nitrogens with zero attached hydrogens (tertiary/aromatic N) is 3. The summed E-state index contributed by atoms with van der Waals surface area (Å²) in [6.45, 7) is 9.52. The molecule has 0 atom stereocenters. The molecular formula is C21H23ClN4O2. The van der Waals surface area contributed by atoms with Crippen LogP contribution in [0.3, 0.4) is 0 Å². The number of hydrazone groups is 1. The van der Waals surface area contributed by atoms with Gasteiger partial charge in [0.1, 0.15) is 0 Å². The van der Waals surface area contributed by atoms with Gasteiger partial charge in [0.2, 0.25) is 0 Å². The van der Waals surface area contributed by atoms with Gasteiger partial charge in [-0.25, -0.2) is 0 Å². The van der Waals surface area contributed by atoms with Crippen molar-refractivity contribution in [3.05, 3.63) is 68.7 Å². The van der Waals surface area contributed by atoms with Crippen LogP contribution < -0.4 is 10.3 Å². The van der Waals surface area contributed by atoms with Gasteiger partial charge in [0.05, 0.1) is 27.4 Å². The summed E-state index contributed by atoms with van der Waals surface area (Å²) in [5, 5.41) is 15.6. The number of non-ortho nitro benzene ring substituents is 1. The number of nitro groups is 1. The molecule has 0 spiro atoms. The van der Waals surface area contributed by atoms with Crippen LogP contribution in [0.2, 0.25) is 5.02 Å². The second kappa shape index (κ2) is 7.64. The van der Waals surface area contributed by atoms with Crippen molar-refractivity contribution in [2.45, 2.75) is 33.2 Å². The van der Waals surface area contributed by atoms with E-state index in [1.807, 2.05) is 12.1 Å². The Labute approximate surface area is 169 Å². The van der Waals surface area contributed by atoms with E-state index < -0.39 is 4.92 Å². The van der Waals surface area contributed by atoms with Crippen LogP contribution in [0.15, 0.2) is 47.6 Å². The van der Waals surface area contributed by atoms with Crippen molar-refractivity contribution in [1.29, 1.82) is 0 Å². The first-order valence-electron chi connectivity index (χ1n) is 9.07. The lowest BCUT2D eigenvalue weighted by Crippen LogP contribution is -2.44. The van der Waals surface area contributed by atoms with Gasteiger partial charge >= 0.3 is 0 Å². The Morgan fingerprint density at radius 1 is 1.29 bits per heavy atom. The number of halogens is 1. The van der Waals surface area contributed by atoms with E-state index in [2.05, 4.69) is 49.2 Å². The maximum Gasteiger partial charge on any atom is 0.269 e. The molecule has 28 heavy (non-hydrogen) atoms. The maximum absolute atomic E-state index is 10.7. The Kier molecular flexibility index (Phi) is 5.42. The molecule has 1 N–H and O–H groups in total. The second-order valence-electron chi connectivity index (χ2n) is 7.29. The molecule has 146 valence electrons. The Balaban J connectivity index is 1.85. The zero-order valence-corrected chi connectivity index (χ0v) is 17.1. The van der Waals surface area contributed by atoms with Crippen molar-refractivity contribution in [3.8, 4) is 0 Å². The van der Waals surface area contributed by atoms with Gasteiger partial charge in [0, 0.05) is 35.5 Å². The van der Waals surface area contributed by atoms with Gasteiger partial charge in [-0.15, -0.1) is 0 Å². The number of nitro benzene ring substituents is 1. The normalized spacial score (nSPS) is 15.3. The Morgan fingerprint density at radius 3 is 2.57 bits per heavy atom. The van der Waals surface area contributed by atoms with Crippen LogP contribution in [-0.2, 0) is 0 Å². The van der Waals surface area contributed by atoms with E-state index in [0.29, 0.717) is 10.7 Å². The van der Waals surface area contributed by atoms with Gasteiger partial charge in [0.25, 0.3) is 5.69 Å². The van der Waals surface area contributed by atoms with Crippen molar-refractivity contribution in [3.63, 3.8) is 0 Å². The highest BCUT2D eigenvalue weighted by atomic mass is 35.5. The van der Waals surface area contributed by atoms with Gasteiger partial charge in [-0.2, -0.15) is 5.10 Å². The minimum absolute atomic E-state index is 0.0397. The van der Waals surface area contributed by atoms with Crippen LogP contribution in [0.25, 0.3) is 5.57 Å². The lowest BCUT2D eigenvalue weighted by Gasteiger charge is -2.43. The molecule has 2 aromatic carbocycles. The Bertz CT molecular complexity index is 965. The molecule has 3 rings (SSSR count). The molecule has 0 radical (unpaired) electrons. The fourth-order valence-corrected chi connectivity index (χ4v) is 3.83. The van der Waals surface area contributed by atoms with Crippen molar-refractivity contribution in [2.24, 2.45) is 5.10 Å². The van der Waals surface area contributed by atoms with Gasteiger partial charge in [-0.3, -0.25) is 15.5 Å². The van der Waals surface area contributed by atoms with Crippen molar-refractivity contribution in [2.75, 3.05) is 16.9 Å². The minimum Gasteiger partial charge on any atom is -0.363 e. The molecule has 0 saturated carbocycles. The number of hydrogen-bond donors (Lipinski definition) is 1. The van der Waals surface area contributed by atoms with E-state index >= 15 is 0 Å². The third kappa shape index (κ3) is 3.87. The van der Waals surface area contributed by atoms with E-state index in [0.717, 1.165) is 23.4 Å². The minimum atomic E-state index is -0.434. The first-order valence-corrected chi connectivity index (χ1v) is 9.45. The van der Waals surface area contributed by atoms with Gasteiger partial charge in [-0.05, 0) is 57.5 Å². The number of benzene rings is 2. The average molecular weight is 399 g/mol. The molecule has 0 aliphatic carbocycles. The van der Waals surface area contributed by atoms with Crippen molar-refractivity contribution in [1.82, 2.24) is 0 Å². The molecule has 1 heterocycles. The molecule has 6 nitrogen and oxygen atoms in total. The first-order chi connectivity index (χ1) is 13.2. The Morgan fingerprint density at radius 2 is 1.96 bits per heavy atom. The highest BCUT2D eigenvalue weighted by Gasteiger charge is 2.30. The van der Waals surface area contributed by atoms with Crippen LogP contribution in [0, 0.1) is 10.1 Å². The molecule has 0 fully saturated rings. The summed E-state index contributed by atoms with van der Waals surface area (Å²) in [4.78, 5) is 12.6. The molecule has 1 aliphatic rings. The van der Waals surface area contributed by atoms with Gasteiger partial charge in [-0.1, -0.05) is 17.7 Å². The zero-order chi connectivity index (χ0) is 20.5. The number of anilines is 2. The summed E-state index contributed by atoms with van der Waals surface area (Å²) < 4.78 is 0. The number of rotatable bonds is 5. The van der Waals surface area contributed by atoms with E-state index in [-0.39, 0.29) is 11.2 Å². The van der Waals surface area contributed by atoms with Gasteiger partial charge in [0.15, 0.2) is 0 Å². The molecule has 0 bridgehead atoms. The number of hydrogen-bond acceptors (Lipinski definition) is 5. The number of nitrogens with one attached hydrogen (secondary N) is 1. The summed E-state index contributed by atoms with van der Waals surface area (Å²) in [6.07, 6.45) is 3.93. The molecule has 7 heteroatoms. The SMILES string of the molecule is CCN1c2cc(Cl)c(/C=N\Nc3ccc([N+](=O)[O-])cc3)cc2C(C)=CC1(C)C. The number of allylic oxidation sites excluding steroid dienone is 1. The second-order valence-corrected chi connectivity index (χ2v) is 7.70. The number of fused-ring (bicyclic) bond motifs is 1. The molecule has 0 saturated heterocycles.